The molecule has 0 fully saturated rings. The molecule has 7 heteroatoms. The Kier molecular flexibility index (Phi) is 10.9. The van der Waals surface area contributed by atoms with Crippen molar-refractivity contribution in [2.45, 2.75) is 46.5 Å². The third kappa shape index (κ3) is 9.03. The summed E-state index contributed by atoms with van der Waals surface area (Å²) in [4.78, 5) is 5.13. The molecule has 0 saturated heterocycles. The minimum absolute atomic E-state index is 0.117. The van der Waals surface area contributed by atoms with E-state index in [-0.39, 0.29) is 5.92 Å². The second-order valence-corrected chi connectivity index (χ2v) is 8.98. The number of ether oxygens (including phenoxy) is 2. The first kappa shape index (κ1) is 23.0. The van der Waals surface area contributed by atoms with E-state index in [2.05, 4.69) is 37.0 Å². The van der Waals surface area contributed by atoms with Crippen molar-refractivity contribution >= 4 is 37.6 Å². The molecule has 26 heavy (non-hydrogen) atoms. The summed E-state index contributed by atoms with van der Waals surface area (Å²) >= 11 is 6.51. The van der Waals surface area contributed by atoms with Crippen LogP contribution in [0.2, 0.25) is 0 Å². The van der Waals surface area contributed by atoms with Crippen molar-refractivity contribution in [1.82, 2.24) is 0 Å². The minimum atomic E-state index is -0.407. The molecule has 0 aliphatic carbocycles. The molecule has 0 heterocycles. The Labute approximate surface area is 172 Å². The van der Waals surface area contributed by atoms with Crippen LogP contribution < -0.4 is 9.47 Å². The van der Waals surface area contributed by atoms with Crippen molar-refractivity contribution in [1.29, 1.82) is 0 Å². The Hall–Kier alpha value is -1.08. The van der Waals surface area contributed by atoms with Gasteiger partial charge in [0.05, 0.1) is 15.7 Å². The summed E-state index contributed by atoms with van der Waals surface area (Å²) in [5.41, 5.74) is 1.68. The van der Waals surface area contributed by atoms with Gasteiger partial charge in [0, 0.05) is 11.6 Å². The van der Waals surface area contributed by atoms with Crippen LogP contribution in [-0.2, 0) is 4.84 Å². The quantitative estimate of drug-likeness (QED) is 0.199. The van der Waals surface area contributed by atoms with Gasteiger partial charge in [0.1, 0.15) is 19.0 Å². The van der Waals surface area contributed by atoms with Crippen LogP contribution >= 0.6 is 31.9 Å². The smallest absolute Gasteiger partial charge is 0.169 e. The summed E-state index contributed by atoms with van der Waals surface area (Å²) < 4.78 is 26.6. The number of unbranched alkanes of at least 4 members (excludes halogenated alkanes) is 1. The SMILES string of the molecule is CC(C)=NOCCCCOc1c(F)cc(OCC=C(Br)Br)cc1C(C)C. The maximum Gasteiger partial charge on any atom is 0.169 e. The van der Waals surface area contributed by atoms with Crippen LogP contribution in [-0.4, -0.2) is 25.5 Å². The third-order valence-electron chi connectivity index (χ3n) is 3.28. The zero-order valence-electron chi connectivity index (χ0n) is 15.7. The summed E-state index contributed by atoms with van der Waals surface area (Å²) in [7, 11) is 0. The fourth-order valence-corrected chi connectivity index (χ4v) is 2.34. The summed E-state index contributed by atoms with van der Waals surface area (Å²) in [6.45, 7) is 9.04. The van der Waals surface area contributed by atoms with E-state index in [1.54, 1.807) is 6.08 Å². The number of oxime groups is 1. The minimum Gasteiger partial charge on any atom is -0.490 e. The fraction of sp³-hybridized carbons (Fsp3) is 0.526. The van der Waals surface area contributed by atoms with E-state index >= 15 is 0 Å². The van der Waals surface area contributed by atoms with Crippen LogP contribution in [0, 0.1) is 5.82 Å². The summed E-state index contributed by atoms with van der Waals surface area (Å²) in [6, 6.07) is 3.19. The van der Waals surface area contributed by atoms with Crippen molar-refractivity contribution in [2.24, 2.45) is 5.16 Å². The lowest BCUT2D eigenvalue weighted by molar-refractivity contribution is 0.135. The molecule has 0 aromatic heterocycles. The van der Waals surface area contributed by atoms with Gasteiger partial charge in [0.15, 0.2) is 11.6 Å². The van der Waals surface area contributed by atoms with Crippen molar-refractivity contribution in [3.8, 4) is 11.5 Å². The van der Waals surface area contributed by atoms with Crippen LogP contribution in [0.5, 0.6) is 11.5 Å². The molecule has 4 nitrogen and oxygen atoms in total. The number of rotatable bonds is 11. The number of hydrogen-bond acceptors (Lipinski definition) is 4. The molecule has 0 amide bonds. The normalized spacial score (nSPS) is 10.5. The van der Waals surface area contributed by atoms with Crippen LogP contribution in [0.1, 0.15) is 52.0 Å². The Balaban J connectivity index is 2.63. The highest BCUT2D eigenvalue weighted by molar-refractivity contribution is 9.28. The van der Waals surface area contributed by atoms with Crippen LogP contribution in [0.25, 0.3) is 0 Å². The fourth-order valence-electron chi connectivity index (χ4n) is 2.07. The van der Waals surface area contributed by atoms with E-state index in [1.807, 2.05) is 33.8 Å². The monoisotopic (exact) mass is 493 g/mol. The molecule has 0 atom stereocenters. The molecule has 1 rings (SSSR count). The molecule has 0 bridgehead atoms. The van der Waals surface area contributed by atoms with Gasteiger partial charge in [-0.15, -0.1) is 0 Å². The highest BCUT2D eigenvalue weighted by Gasteiger charge is 2.16. The second kappa shape index (κ2) is 12.3. The molecule has 0 radical (unpaired) electrons. The Morgan fingerprint density at radius 3 is 2.46 bits per heavy atom. The highest BCUT2D eigenvalue weighted by Crippen LogP contribution is 2.33. The topological polar surface area (TPSA) is 40.0 Å². The van der Waals surface area contributed by atoms with E-state index in [1.165, 1.54) is 6.07 Å². The average molecular weight is 495 g/mol. The highest BCUT2D eigenvalue weighted by atomic mass is 79.9. The van der Waals surface area contributed by atoms with Crippen molar-refractivity contribution < 1.29 is 18.7 Å². The Morgan fingerprint density at radius 1 is 1.15 bits per heavy atom. The summed E-state index contributed by atoms with van der Waals surface area (Å²) in [6.07, 6.45) is 3.35. The number of hydrogen-bond donors (Lipinski definition) is 0. The molecule has 0 N–H and O–H groups in total. The largest absolute Gasteiger partial charge is 0.490 e. The lowest BCUT2D eigenvalue weighted by Gasteiger charge is -2.17. The number of nitrogens with zero attached hydrogens (tertiary/aromatic N) is 1. The first-order chi connectivity index (χ1) is 12.3. The van der Waals surface area contributed by atoms with E-state index in [0.717, 1.165) is 27.5 Å². The van der Waals surface area contributed by atoms with Crippen molar-refractivity contribution in [2.75, 3.05) is 19.8 Å². The molecule has 0 saturated carbocycles. The molecular formula is C19H26Br2FNO3. The Bertz CT molecular complexity index is 625. The van der Waals surface area contributed by atoms with Gasteiger partial charge in [0.25, 0.3) is 0 Å². The predicted octanol–water partition coefficient (Wildman–Crippen LogP) is 6.53. The zero-order chi connectivity index (χ0) is 19.5. The lowest BCUT2D eigenvalue weighted by atomic mass is 10.0. The molecule has 0 spiro atoms. The van der Waals surface area contributed by atoms with E-state index in [9.17, 15) is 4.39 Å². The molecule has 1 aromatic carbocycles. The Morgan fingerprint density at radius 2 is 1.85 bits per heavy atom. The maximum absolute atomic E-state index is 14.5. The molecule has 1 aromatic rings. The molecule has 0 unspecified atom stereocenters. The number of benzene rings is 1. The molecule has 0 aliphatic heterocycles. The van der Waals surface area contributed by atoms with Crippen molar-refractivity contribution in [3.63, 3.8) is 0 Å². The van der Waals surface area contributed by atoms with Gasteiger partial charge in [-0.2, -0.15) is 0 Å². The van der Waals surface area contributed by atoms with Crippen LogP contribution in [0.15, 0.2) is 26.8 Å². The average Bonchev–Trinajstić information content (AvgIpc) is 2.54. The summed E-state index contributed by atoms with van der Waals surface area (Å²) in [5.74, 6) is 0.493. The standard InChI is InChI=1S/C19H26Br2FNO3/c1-13(2)16-11-15(24-10-7-18(20)21)12-17(22)19(16)25-8-5-6-9-26-23-14(3)4/h7,11-13H,5-6,8-10H2,1-4H3. The van der Waals surface area contributed by atoms with Gasteiger partial charge in [0.2, 0.25) is 0 Å². The zero-order valence-corrected chi connectivity index (χ0v) is 18.8. The predicted molar refractivity (Wildman–Crippen MR) is 111 cm³/mol. The first-order valence-electron chi connectivity index (χ1n) is 8.54. The molecule has 146 valence electrons. The lowest BCUT2D eigenvalue weighted by Crippen LogP contribution is -2.06. The van der Waals surface area contributed by atoms with Crippen molar-refractivity contribution in [3.05, 3.63) is 33.0 Å². The van der Waals surface area contributed by atoms with Gasteiger partial charge in [-0.05, 0) is 76.6 Å². The van der Waals surface area contributed by atoms with Gasteiger partial charge in [-0.25, -0.2) is 4.39 Å². The van der Waals surface area contributed by atoms with Gasteiger partial charge in [-0.1, -0.05) is 19.0 Å². The van der Waals surface area contributed by atoms with Gasteiger partial charge >= 0.3 is 0 Å². The van der Waals surface area contributed by atoms with Gasteiger partial charge < -0.3 is 14.3 Å². The summed E-state index contributed by atoms with van der Waals surface area (Å²) in [5, 5.41) is 3.87. The third-order valence-corrected chi connectivity index (χ3v) is 3.93. The van der Waals surface area contributed by atoms with Crippen LogP contribution in [0.4, 0.5) is 4.39 Å². The van der Waals surface area contributed by atoms with E-state index in [4.69, 9.17) is 14.3 Å². The van der Waals surface area contributed by atoms with E-state index < -0.39 is 5.82 Å². The second-order valence-electron chi connectivity index (χ2n) is 6.21. The molecular weight excluding hydrogens is 469 g/mol. The maximum atomic E-state index is 14.5. The van der Waals surface area contributed by atoms with E-state index in [0.29, 0.717) is 31.3 Å². The molecule has 0 aliphatic rings. The number of halogens is 3. The van der Waals surface area contributed by atoms with Gasteiger partial charge in [-0.3, -0.25) is 0 Å². The first-order valence-corrected chi connectivity index (χ1v) is 10.1. The van der Waals surface area contributed by atoms with Crippen LogP contribution in [0.3, 0.4) is 0 Å².